The van der Waals surface area contributed by atoms with Gasteiger partial charge in [-0.25, -0.2) is 0 Å². The number of nitrogens with one attached hydrogen (secondary N) is 1. The number of likely N-dealkylation sites (N-methyl/N-ethyl adjacent to an activating group) is 1. The van der Waals surface area contributed by atoms with Gasteiger partial charge in [0.05, 0.1) is 28.4 Å². The predicted octanol–water partition coefficient (Wildman–Crippen LogP) is 3.19. The second-order valence-electron chi connectivity index (χ2n) is 4.86. The van der Waals surface area contributed by atoms with E-state index in [0.717, 1.165) is 6.42 Å². The fourth-order valence-electron chi connectivity index (χ4n) is 1.87. The maximum atomic E-state index is 12.0. The SMILES string of the molecule is C=CCCC(O)CN(C)CC(=O)Nc1c(Cl)cccc1Cl. The molecule has 1 aromatic rings. The molecule has 0 aromatic heterocycles. The van der Waals surface area contributed by atoms with Crippen LogP contribution in [0.15, 0.2) is 30.9 Å². The van der Waals surface area contributed by atoms with Gasteiger partial charge in [0.25, 0.3) is 0 Å². The van der Waals surface area contributed by atoms with Crippen molar-refractivity contribution >= 4 is 34.8 Å². The monoisotopic (exact) mass is 330 g/mol. The quantitative estimate of drug-likeness (QED) is 0.720. The maximum Gasteiger partial charge on any atom is 0.238 e. The highest BCUT2D eigenvalue weighted by molar-refractivity contribution is 6.39. The number of hydrogen-bond donors (Lipinski definition) is 2. The topological polar surface area (TPSA) is 52.6 Å². The summed E-state index contributed by atoms with van der Waals surface area (Å²) in [5.74, 6) is -0.233. The molecule has 21 heavy (non-hydrogen) atoms. The summed E-state index contributed by atoms with van der Waals surface area (Å²) in [6, 6.07) is 5.03. The van der Waals surface area contributed by atoms with E-state index in [1.54, 1.807) is 36.2 Å². The molecule has 0 saturated carbocycles. The van der Waals surface area contributed by atoms with Gasteiger partial charge in [0.15, 0.2) is 0 Å². The van der Waals surface area contributed by atoms with Crippen molar-refractivity contribution in [3.63, 3.8) is 0 Å². The van der Waals surface area contributed by atoms with Crippen LogP contribution < -0.4 is 5.32 Å². The molecule has 0 radical (unpaired) electrons. The molecule has 0 aliphatic rings. The van der Waals surface area contributed by atoms with Crippen LogP contribution >= 0.6 is 23.2 Å². The van der Waals surface area contributed by atoms with Gasteiger partial charge < -0.3 is 10.4 Å². The minimum atomic E-state index is -0.482. The van der Waals surface area contributed by atoms with Gasteiger partial charge in [-0.3, -0.25) is 9.69 Å². The molecule has 1 aromatic carbocycles. The lowest BCUT2D eigenvalue weighted by Crippen LogP contribution is -2.35. The number of para-hydroxylation sites is 1. The van der Waals surface area contributed by atoms with E-state index in [1.807, 2.05) is 0 Å². The van der Waals surface area contributed by atoms with Crippen molar-refractivity contribution in [2.45, 2.75) is 18.9 Å². The van der Waals surface area contributed by atoms with Gasteiger partial charge in [0, 0.05) is 6.54 Å². The molecule has 1 unspecified atom stereocenters. The zero-order valence-electron chi connectivity index (χ0n) is 12.0. The summed E-state index contributed by atoms with van der Waals surface area (Å²) in [7, 11) is 1.77. The first kappa shape index (κ1) is 18.0. The van der Waals surface area contributed by atoms with Crippen LogP contribution in [-0.2, 0) is 4.79 Å². The Kier molecular flexibility index (Phi) is 7.75. The van der Waals surface area contributed by atoms with E-state index < -0.39 is 6.10 Å². The zero-order valence-corrected chi connectivity index (χ0v) is 13.5. The third kappa shape index (κ3) is 6.48. The van der Waals surface area contributed by atoms with E-state index in [-0.39, 0.29) is 12.5 Å². The van der Waals surface area contributed by atoms with Gasteiger partial charge in [0.1, 0.15) is 0 Å². The highest BCUT2D eigenvalue weighted by atomic mass is 35.5. The first-order valence-corrected chi connectivity index (χ1v) is 7.41. The first-order chi connectivity index (χ1) is 9.93. The largest absolute Gasteiger partial charge is 0.392 e. The number of anilines is 1. The molecule has 0 saturated heterocycles. The van der Waals surface area contributed by atoms with Crippen LogP contribution in [-0.4, -0.2) is 42.2 Å². The number of allylic oxidation sites excluding steroid dienone is 1. The predicted molar refractivity (Wildman–Crippen MR) is 88.0 cm³/mol. The van der Waals surface area contributed by atoms with Crippen molar-refractivity contribution < 1.29 is 9.90 Å². The molecule has 0 bridgehead atoms. The Bertz CT molecular complexity index is 474. The number of hydrogen-bond acceptors (Lipinski definition) is 3. The number of carbonyl (C=O) groups excluding carboxylic acids is 1. The van der Waals surface area contributed by atoms with Gasteiger partial charge in [0.2, 0.25) is 5.91 Å². The number of nitrogens with zero attached hydrogens (tertiary/aromatic N) is 1. The van der Waals surface area contributed by atoms with Gasteiger partial charge in [-0.15, -0.1) is 6.58 Å². The molecule has 116 valence electrons. The second-order valence-corrected chi connectivity index (χ2v) is 5.68. The normalized spacial score (nSPS) is 12.2. The summed E-state index contributed by atoms with van der Waals surface area (Å²) in [5, 5.41) is 13.2. The number of aliphatic hydroxyl groups excluding tert-OH is 1. The average molecular weight is 331 g/mol. The lowest BCUT2D eigenvalue weighted by atomic mass is 10.2. The second kappa shape index (κ2) is 9.05. The summed E-state index contributed by atoms with van der Waals surface area (Å²) in [5.41, 5.74) is 0.409. The van der Waals surface area contributed by atoms with Gasteiger partial charge in [-0.2, -0.15) is 0 Å². The fourth-order valence-corrected chi connectivity index (χ4v) is 2.36. The molecule has 0 spiro atoms. The van der Waals surface area contributed by atoms with Gasteiger partial charge in [-0.1, -0.05) is 35.3 Å². The third-order valence-electron chi connectivity index (χ3n) is 2.87. The Labute approximate surface area is 135 Å². The molecule has 0 aliphatic heterocycles. The Balaban J connectivity index is 2.48. The summed E-state index contributed by atoms with van der Waals surface area (Å²) in [6.45, 7) is 4.17. The smallest absolute Gasteiger partial charge is 0.238 e. The fraction of sp³-hybridized carbons (Fsp3) is 0.400. The van der Waals surface area contributed by atoms with E-state index in [4.69, 9.17) is 23.2 Å². The Morgan fingerprint density at radius 1 is 1.48 bits per heavy atom. The lowest BCUT2D eigenvalue weighted by molar-refractivity contribution is -0.117. The van der Waals surface area contributed by atoms with Crippen LogP contribution in [0, 0.1) is 0 Å². The van der Waals surface area contributed by atoms with Crippen LogP contribution in [0.1, 0.15) is 12.8 Å². The molecule has 2 N–H and O–H groups in total. The molecule has 0 heterocycles. The van der Waals surface area contributed by atoms with E-state index >= 15 is 0 Å². The average Bonchev–Trinajstić information content (AvgIpc) is 2.40. The van der Waals surface area contributed by atoms with Crippen molar-refractivity contribution in [1.29, 1.82) is 0 Å². The zero-order chi connectivity index (χ0) is 15.8. The van der Waals surface area contributed by atoms with Crippen LogP contribution in [0.5, 0.6) is 0 Å². The number of carbonyl (C=O) groups is 1. The molecule has 1 atom stereocenters. The van der Waals surface area contributed by atoms with Crippen LogP contribution in [0.4, 0.5) is 5.69 Å². The summed E-state index contributed by atoms with van der Waals surface area (Å²) in [6.07, 6.45) is 2.65. The van der Waals surface area contributed by atoms with Crippen molar-refractivity contribution in [3.8, 4) is 0 Å². The molecule has 6 heteroatoms. The summed E-state index contributed by atoms with van der Waals surface area (Å²) < 4.78 is 0. The Hall–Kier alpha value is -1.07. The standard InChI is InChI=1S/C15H20Cl2N2O2/c1-3-4-6-11(20)9-19(2)10-14(21)18-15-12(16)7-5-8-13(15)17/h3,5,7-8,11,20H,1,4,6,9-10H2,2H3,(H,18,21). The number of aliphatic hydroxyl groups is 1. The van der Waals surface area contributed by atoms with E-state index in [1.165, 1.54) is 0 Å². The Morgan fingerprint density at radius 3 is 2.67 bits per heavy atom. The molecule has 4 nitrogen and oxygen atoms in total. The van der Waals surface area contributed by atoms with Crippen molar-refractivity contribution in [3.05, 3.63) is 40.9 Å². The number of amides is 1. The summed E-state index contributed by atoms with van der Waals surface area (Å²) >= 11 is 12.0. The van der Waals surface area contributed by atoms with E-state index in [2.05, 4.69) is 11.9 Å². The lowest BCUT2D eigenvalue weighted by Gasteiger charge is -2.20. The minimum absolute atomic E-state index is 0.146. The molecule has 0 fully saturated rings. The van der Waals surface area contributed by atoms with Crippen molar-refractivity contribution in [2.24, 2.45) is 0 Å². The maximum absolute atomic E-state index is 12.0. The van der Waals surface area contributed by atoms with E-state index in [0.29, 0.717) is 28.7 Å². The van der Waals surface area contributed by atoms with Gasteiger partial charge >= 0.3 is 0 Å². The highest BCUT2D eigenvalue weighted by Gasteiger charge is 2.13. The molecule has 1 amide bonds. The molecule has 1 rings (SSSR count). The minimum Gasteiger partial charge on any atom is -0.392 e. The van der Waals surface area contributed by atoms with Crippen LogP contribution in [0.2, 0.25) is 10.0 Å². The molecular formula is C15H20Cl2N2O2. The molecule has 0 aliphatic carbocycles. The first-order valence-electron chi connectivity index (χ1n) is 6.65. The summed E-state index contributed by atoms with van der Waals surface area (Å²) in [4.78, 5) is 13.7. The number of rotatable bonds is 8. The third-order valence-corrected chi connectivity index (χ3v) is 3.50. The van der Waals surface area contributed by atoms with Crippen LogP contribution in [0.25, 0.3) is 0 Å². The van der Waals surface area contributed by atoms with Gasteiger partial charge in [-0.05, 0) is 32.0 Å². The van der Waals surface area contributed by atoms with Crippen LogP contribution in [0.3, 0.4) is 0 Å². The number of benzene rings is 1. The van der Waals surface area contributed by atoms with Crippen molar-refractivity contribution in [1.82, 2.24) is 4.90 Å². The molecular weight excluding hydrogens is 311 g/mol. The Morgan fingerprint density at radius 2 is 2.10 bits per heavy atom. The number of halogens is 2. The van der Waals surface area contributed by atoms with E-state index in [9.17, 15) is 9.90 Å². The van der Waals surface area contributed by atoms with Crippen molar-refractivity contribution in [2.75, 3.05) is 25.5 Å². The highest BCUT2D eigenvalue weighted by Crippen LogP contribution is 2.29.